The number of rotatable bonds is 4. The van der Waals surface area contributed by atoms with E-state index in [2.05, 4.69) is 11.0 Å². The Hall–Kier alpha value is -1.41. The molecule has 4 heteroatoms. The van der Waals surface area contributed by atoms with Crippen molar-refractivity contribution in [3.8, 4) is 6.07 Å². The van der Waals surface area contributed by atoms with Gasteiger partial charge in [-0.05, 0) is 31.2 Å². The third kappa shape index (κ3) is 3.08. The summed E-state index contributed by atoms with van der Waals surface area (Å²) in [7, 11) is 2.01. The first-order valence-electron chi connectivity index (χ1n) is 6.17. The average molecular weight is 246 g/mol. The highest BCUT2D eigenvalue weighted by atomic mass is 16.5. The molecule has 1 saturated heterocycles. The first kappa shape index (κ1) is 13.0. The van der Waals surface area contributed by atoms with Crippen molar-refractivity contribution in [3.63, 3.8) is 0 Å². The molecule has 2 unspecified atom stereocenters. The second kappa shape index (κ2) is 5.96. The van der Waals surface area contributed by atoms with E-state index in [0.29, 0.717) is 18.2 Å². The molecule has 0 amide bonds. The summed E-state index contributed by atoms with van der Waals surface area (Å²) in [6.45, 7) is 2.14. The molecule has 1 aliphatic rings. The van der Waals surface area contributed by atoms with E-state index in [4.69, 9.17) is 10.00 Å². The largest absolute Gasteiger partial charge is 0.387 e. The Balaban J connectivity index is 1.93. The zero-order chi connectivity index (χ0) is 13.0. The van der Waals surface area contributed by atoms with Gasteiger partial charge in [-0.15, -0.1) is 0 Å². The lowest BCUT2D eigenvalue weighted by Gasteiger charge is -2.25. The number of hydrogen-bond acceptors (Lipinski definition) is 4. The molecule has 1 aromatic carbocycles. The van der Waals surface area contributed by atoms with Crippen LogP contribution in [-0.4, -0.2) is 42.9 Å². The lowest BCUT2D eigenvalue weighted by atomic mass is 10.1. The first-order chi connectivity index (χ1) is 8.70. The lowest BCUT2D eigenvalue weighted by Crippen LogP contribution is -2.35. The fraction of sp³-hybridized carbons (Fsp3) is 0.500. The minimum Gasteiger partial charge on any atom is -0.387 e. The Morgan fingerprint density at radius 1 is 1.50 bits per heavy atom. The van der Waals surface area contributed by atoms with Crippen molar-refractivity contribution in [1.82, 2.24) is 4.90 Å². The van der Waals surface area contributed by atoms with Gasteiger partial charge in [-0.25, -0.2) is 0 Å². The minimum atomic E-state index is -0.525. The van der Waals surface area contributed by atoms with Crippen LogP contribution in [0.4, 0.5) is 0 Å². The molecule has 0 aromatic heterocycles. The van der Waals surface area contributed by atoms with E-state index in [9.17, 15) is 5.11 Å². The number of aliphatic hydroxyl groups is 1. The maximum Gasteiger partial charge on any atom is 0.0991 e. The van der Waals surface area contributed by atoms with Crippen molar-refractivity contribution in [2.24, 2.45) is 0 Å². The van der Waals surface area contributed by atoms with Crippen molar-refractivity contribution in [2.75, 3.05) is 26.8 Å². The fourth-order valence-electron chi connectivity index (χ4n) is 2.18. The summed E-state index contributed by atoms with van der Waals surface area (Å²) in [4.78, 5) is 2.13. The molecule has 1 aromatic rings. The van der Waals surface area contributed by atoms with Gasteiger partial charge in [0, 0.05) is 19.2 Å². The molecule has 96 valence electrons. The second-order valence-corrected chi connectivity index (χ2v) is 4.71. The fourth-order valence-corrected chi connectivity index (χ4v) is 2.18. The highest BCUT2D eigenvalue weighted by molar-refractivity contribution is 5.32. The predicted octanol–water partition coefficient (Wildman–Crippen LogP) is 1.31. The van der Waals surface area contributed by atoms with E-state index >= 15 is 0 Å². The second-order valence-electron chi connectivity index (χ2n) is 4.71. The van der Waals surface area contributed by atoms with E-state index in [1.807, 2.05) is 19.2 Å². The maximum absolute atomic E-state index is 10.1. The van der Waals surface area contributed by atoms with Gasteiger partial charge in [-0.1, -0.05) is 12.1 Å². The molecule has 18 heavy (non-hydrogen) atoms. The lowest BCUT2D eigenvalue weighted by molar-refractivity contribution is 0.0950. The molecule has 0 aliphatic carbocycles. The average Bonchev–Trinajstić information content (AvgIpc) is 2.92. The predicted molar refractivity (Wildman–Crippen MR) is 68.0 cm³/mol. The van der Waals surface area contributed by atoms with Gasteiger partial charge in [0.25, 0.3) is 0 Å². The highest BCUT2D eigenvalue weighted by Crippen LogP contribution is 2.18. The molecule has 1 aliphatic heterocycles. The van der Waals surface area contributed by atoms with Crippen LogP contribution >= 0.6 is 0 Å². The van der Waals surface area contributed by atoms with Crippen LogP contribution in [0.1, 0.15) is 23.7 Å². The third-order valence-corrected chi connectivity index (χ3v) is 3.41. The topological polar surface area (TPSA) is 56.5 Å². The molecule has 4 nitrogen and oxygen atoms in total. The number of aliphatic hydroxyl groups excluding tert-OH is 1. The Morgan fingerprint density at radius 3 is 2.78 bits per heavy atom. The number of nitriles is 1. The van der Waals surface area contributed by atoms with Gasteiger partial charge in [0.05, 0.1) is 24.3 Å². The highest BCUT2D eigenvalue weighted by Gasteiger charge is 2.22. The zero-order valence-corrected chi connectivity index (χ0v) is 10.5. The quantitative estimate of drug-likeness (QED) is 0.870. The summed E-state index contributed by atoms with van der Waals surface area (Å²) in [6, 6.07) is 9.55. The first-order valence-corrected chi connectivity index (χ1v) is 6.17. The van der Waals surface area contributed by atoms with Gasteiger partial charge < -0.3 is 9.84 Å². The van der Waals surface area contributed by atoms with E-state index in [-0.39, 0.29) is 0 Å². The molecule has 0 bridgehead atoms. The van der Waals surface area contributed by atoms with Crippen molar-refractivity contribution in [2.45, 2.75) is 18.6 Å². The third-order valence-electron chi connectivity index (χ3n) is 3.41. The Labute approximate surface area is 107 Å². The van der Waals surface area contributed by atoms with Crippen molar-refractivity contribution in [3.05, 3.63) is 35.4 Å². The van der Waals surface area contributed by atoms with Gasteiger partial charge >= 0.3 is 0 Å². The van der Waals surface area contributed by atoms with Gasteiger partial charge in [0.15, 0.2) is 0 Å². The van der Waals surface area contributed by atoms with Gasteiger partial charge in [0.2, 0.25) is 0 Å². The van der Waals surface area contributed by atoms with Crippen LogP contribution in [0, 0.1) is 11.3 Å². The summed E-state index contributed by atoms with van der Waals surface area (Å²) in [5.74, 6) is 0. The van der Waals surface area contributed by atoms with Crippen LogP contribution in [-0.2, 0) is 4.74 Å². The number of ether oxygens (including phenoxy) is 1. The maximum atomic E-state index is 10.1. The van der Waals surface area contributed by atoms with Gasteiger partial charge in [0.1, 0.15) is 0 Å². The smallest absolute Gasteiger partial charge is 0.0991 e. The van der Waals surface area contributed by atoms with E-state index in [1.54, 1.807) is 12.1 Å². The van der Waals surface area contributed by atoms with E-state index in [1.165, 1.54) is 0 Å². The van der Waals surface area contributed by atoms with Crippen molar-refractivity contribution >= 4 is 0 Å². The Bertz CT molecular complexity index is 418. The number of likely N-dealkylation sites (N-methyl/N-ethyl adjacent to an activating group) is 1. The zero-order valence-electron chi connectivity index (χ0n) is 10.5. The number of nitrogens with zero attached hydrogens (tertiary/aromatic N) is 2. The van der Waals surface area contributed by atoms with E-state index < -0.39 is 6.10 Å². The molecule has 0 radical (unpaired) electrons. The van der Waals surface area contributed by atoms with Crippen molar-refractivity contribution < 1.29 is 9.84 Å². The molecule has 2 atom stereocenters. The number of hydrogen-bond donors (Lipinski definition) is 1. The van der Waals surface area contributed by atoms with Crippen LogP contribution in [0.5, 0.6) is 0 Å². The monoisotopic (exact) mass is 246 g/mol. The summed E-state index contributed by atoms with van der Waals surface area (Å²) < 4.78 is 5.34. The Kier molecular flexibility index (Phi) is 4.32. The van der Waals surface area contributed by atoms with E-state index in [0.717, 1.165) is 25.2 Å². The number of benzene rings is 1. The molecule has 1 heterocycles. The summed E-state index contributed by atoms with van der Waals surface area (Å²) in [5, 5.41) is 18.9. The molecule has 0 spiro atoms. The van der Waals surface area contributed by atoms with Gasteiger partial charge in [-0.3, -0.25) is 4.90 Å². The van der Waals surface area contributed by atoms with Gasteiger partial charge in [-0.2, -0.15) is 5.26 Å². The molecular weight excluding hydrogens is 228 g/mol. The molecular formula is C14H18N2O2. The molecule has 0 saturated carbocycles. The summed E-state index contributed by atoms with van der Waals surface area (Å²) >= 11 is 0. The summed E-state index contributed by atoms with van der Waals surface area (Å²) in [5.41, 5.74) is 1.46. The standard InChI is InChI=1S/C14H18N2O2/c1-16(13-6-7-18-10-13)9-14(17)12-4-2-11(8-15)3-5-12/h2-5,13-14,17H,6-7,9-10H2,1H3. The van der Waals surface area contributed by atoms with Crippen molar-refractivity contribution in [1.29, 1.82) is 5.26 Å². The van der Waals surface area contributed by atoms with Crippen LogP contribution in [0.3, 0.4) is 0 Å². The van der Waals surface area contributed by atoms with Crippen LogP contribution < -0.4 is 0 Å². The van der Waals surface area contributed by atoms with Crippen LogP contribution in [0.2, 0.25) is 0 Å². The normalized spacial score (nSPS) is 20.9. The minimum absolute atomic E-state index is 0.401. The Morgan fingerprint density at radius 2 is 2.22 bits per heavy atom. The molecule has 2 rings (SSSR count). The van der Waals surface area contributed by atoms with Crippen LogP contribution in [0.15, 0.2) is 24.3 Å². The summed E-state index contributed by atoms with van der Waals surface area (Å²) in [6.07, 6.45) is 0.500. The SMILES string of the molecule is CN(CC(O)c1ccc(C#N)cc1)C1CCOC1. The van der Waals surface area contributed by atoms with Crippen LogP contribution in [0.25, 0.3) is 0 Å². The molecule has 1 fully saturated rings. The molecule has 1 N–H and O–H groups in total.